The van der Waals surface area contributed by atoms with Crippen LogP contribution >= 0.6 is 11.8 Å². The van der Waals surface area contributed by atoms with E-state index in [-0.39, 0.29) is 34.4 Å². The number of hydrogen-bond donors (Lipinski definition) is 1. The van der Waals surface area contributed by atoms with Crippen LogP contribution < -0.4 is 0 Å². The normalized spacial score (nSPS) is 20.8. The summed E-state index contributed by atoms with van der Waals surface area (Å²) in [5.41, 5.74) is 1.54. The molecule has 180 valence electrons. The minimum Gasteiger partial charge on any atom is -0.461 e. The van der Waals surface area contributed by atoms with Gasteiger partial charge in [0.15, 0.2) is 16.6 Å². The minimum atomic E-state index is -0.706. The van der Waals surface area contributed by atoms with E-state index in [1.165, 1.54) is 24.8 Å². The van der Waals surface area contributed by atoms with Crippen LogP contribution in [0.2, 0.25) is 0 Å². The smallest absolute Gasteiger partial charge is 0.361 e. The van der Waals surface area contributed by atoms with Crippen molar-refractivity contribution in [1.82, 2.24) is 20.3 Å². The van der Waals surface area contributed by atoms with Gasteiger partial charge < -0.3 is 4.74 Å². The molecule has 4 rings (SSSR count). The van der Waals surface area contributed by atoms with Crippen molar-refractivity contribution in [3.8, 4) is 0 Å². The molecule has 0 bridgehead atoms. The number of aromatic amines is 1. The molecule has 1 saturated heterocycles. The van der Waals surface area contributed by atoms with Crippen molar-refractivity contribution in [2.45, 2.75) is 44.4 Å². The van der Waals surface area contributed by atoms with Crippen LogP contribution in [0.4, 0.5) is 4.39 Å². The van der Waals surface area contributed by atoms with E-state index in [0.717, 1.165) is 18.4 Å². The Morgan fingerprint density at radius 3 is 2.71 bits per heavy atom. The van der Waals surface area contributed by atoms with Crippen molar-refractivity contribution >= 4 is 34.7 Å². The SMILES string of the molecule is CCOC(=O)c1n[nH]nc1C=C1CN(C(C(=O)C2CC2)c2ccccc2F)CCC1SC(C)=O. The summed E-state index contributed by atoms with van der Waals surface area (Å²) in [6.45, 7) is 4.27. The average molecular weight is 487 g/mol. The molecule has 1 aliphatic heterocycles. The lowest BCUT2D eigenvalue weighted by Gasteiger charge is -2.38. The molecule has 0 amide bonds. The summed E-state index contributed by atoms with van der Waals surface area (Å²) in [6.07, 6.45) is 3.96. The Morgan fingerprint density at radius 2 is 2.03 bits per heavy atom. The predicted molar refractivity (Wildman–Crippen MR) is 125 cm³/mol. The zero-order chi connectivity index (χ0) is 24.2. The average Bonchev–Trinajstić information content (AvgIpc) is 3.55. The van der Waals surface area contributed by atoms with Gasteiger partial charge in [-0.15, -0.1) is 5.10 Å². The van der Waals surface area contributed by atoms with Crippen molar-refractivity contribution in [3.05, 3.63) is 52.6 Å². The van der Waals surface area contributed by atoms with E-state index >= 15 is 0 Å². The highest BCUT2D eigenvalue weighted by Gasteiger charge is 2.41. The fourth-order valence-electron chi connectivity index (χ4n) is 4.26. The van der Waals surface area contributed by atoms with Crippen molar-refractivity contribution < 1.29 is 23.5 Å². The van der Waals surface area contributed by atoms with Gasteiger partial charge in [0.1, 0.15) is 11.5 Å². The first-order chi connectivity index (χ1) is 16.4. The van der Waals surface area contributed by atoms with Gasteiger partial charge in [-0.2, -0.15) is 10.3 Å². The van der Waals surface area contributed by atoms with Crippen molar-refractivity contribution in [3.63, 3.8) is 0 Å². The second-order valence-electron chi connectivity index (χ2n) is 8.46. The van der Waals surface area contributed by atoms with Gasteiger partial charge in [-0.1, -0.05) is 30.0 Å². The lowest BCUT2D eigenvalue weighted by atomic mass is 9.93. The molecule has 10 heteroatoms. The van der Waals surface area contributed by atoms with E-state index in [9.17, 15) is 18.8 Å². The van der Waals surface area contributed by atoms with Crippen LogP contribution in [0.3, 0.4) is 0 Å². The number of nitrogens with one attached hydrogen (secondary N) is 1. The third kappa shape index (κ3) is 5.44. The van der Waals surface area contributed by atoms with Crippen molar-refractivity contribution in [2.75, 3.05) is 19.7 Å². The highest BCUT2D eigenvalue weighted by atomic mass is 32.2. The van der Waals surface area contributed by atoms with Crippen LogP contribution in [0.15, 0.2) is 29.8 Å². The predicted octanol–water partition coefficient (Wildman–Crippen LogP) is 3.58. The number of carbonyl (C=O) groups excluding carboxylic acids is 3. The molecule has 2 fully saturated rings. The lowest BCUT2D eigenvalue weighted by molar-refractivity contribution is -0.126. The summed E-state index contributed by atoms with van der Waals surface area (Å²) in [7, 11) is 0. The van der Waals surface area contributed by atoms with Gasteiger partial charge in [0.25, 0.3) is 0 Å². The zero-order valence-electron chi connectivity index (χ0n) is 19.1. The van der Waals surface area contributed by atoms with Crippen LogP contribution in [0.25, 0.3) is 6.08 Å². The summed E-state index contributed by atoms with van der Waals surface area (Å²) in [5, 5.41) is 10.3. The molecular weight excluding hydrogens is 459 g/mol. The van der Waals surface area contributed by atoms with Crippen LogP contribution in [0.1, 0.15) is 60.9 Å². The number of thioether (sulfide) groups is 1. The fourth-order valence-corrected chi connectivity index (χ4v) is 5.18. The van der Waals surface area contributed by atoms with Crippen LogP contribution in [-0.2, 0) is 14.3 Å². The van der Waals surface area contributed by atoms with E-state index < -0.39 is 17.8 Å². The van der Waals surface area contributed by atoms with Gasteiger partial charge in [0.05, 0.1) is 12.6 Å². The van der Waals surface area contributed by atoms with Gasteiger partial charge in [0.2, 0.25) is 0 Å². The number of esters is 1. The first kappa shape index (κ1) is 24.3. The van der Waals surface area contributed by atoms with Crippen LogP contribution in [-0.4, -0.2) is 62.1 Å². The number of Topliss-reactive ketones (excluding diaryl/α,β-unsaturated/α-hetero) is 1. The Morgan fingerprint density at radius 1 is 1.26 bits per heavy atom. The molecule has 2 unspecified atom stereocenters. The Kier molecular flexibility index (Phi) is 7.57. The van der Waals surface area contributed by atoms with Crippen molar-refractivity contribution in [2.24, 2.45) is 5.92 Å². The Labute approximate surface area is 201 Å². The molecule has 1 aromatic carbocycles. The molecule has 2 aliphatic rings. The van der Waals surface area contributed by atoms with Gasteiger partial charge in [-0.3, -0.25) is 14.5 Å². The van der Waals surface area contributed by atoms with Gasteiger partial charge in [-0.05, 0) is 43.9 Å². The fraction of sp³-hybridized carbons (Fsp3) is 0.458. The summed E-state index contributed by atoms with van der Waals surface area (Å²) in [4.78, 5) is 39.4. The number of hydrogen-bond acceptors (Lipinski definition) is 8. The number of carbonyl (C=O) groups is 3. The van der Waals surface area contributed by atoms with Crippen LogP contribution in [0, 0.1) is 11.7 Å². The number of likely N-dealkylation sites (tertiary alicyclic amines) is 1. The number of aromatic nitrogens is 3. The molecule has 1 N–H and O–H groups in total. The molecular formula is C24H27FN4O4S. The Bertz CT molecular complexity index is 1110. The van der Waals surface area contributed by atoms with Gasteiger partial charge in [-0.25, -0.2) is 9.18 Å². The number of piperidine rings is 1. The quantitative estimate of drug-likeness (QED) is 0.565. The largest absolute Gasteiger partial charge is 0.461 e. The lowest BCUT2D eigenvalue weighted by Crippen LogP contribution is -2.43. The van der Waals surface area contributed by atoms with Gasteiger partial charge >= 0.3 is 5.97 Å². The number of nitrogens with zero attached hydrogens (tertiary/aromatic N) is 3. The number of H-pyrrole nitrogens is 1. The maximum atomic E-state index is 14.8. The molecule has 1 aliphatic carbocycles. The first-order valence-corrected chi connectivity index (χ1v) is 12.2. The second-order valence-corrected chi connectivity index (χ2v) is 9.83. The van der Waals surface area contributed by atoms with E-state index in [0.29, 0.717) is 30.8 Å². The van der Waals surface area contributed by atoms with Gasteiger partial charge in [0, 0.05) is 36.7 Å². The standard InChI is InChI=1S/C24H27FN4O4S/c1-3-33-24(32)21-19(26-28-27-21)12-16-13-29(11-10-20(16)34-14(2)30)22(23(31)15-8-9-15)17-6-4-5-7-18(17)25/h4-7,12,15,20,22H,3,8-11,13H2,1-2H3,(H,26,27,28). The number of rotatable bonds is 8. The molecule has 2 aromatic rings. The molecule has 8 nitrogen and oxygen atoms in total. The second kappa shape index (κ2) is 10.6. The minimum absolute atomic E-state index is 0.0239. The number of ether oxygens (including phenoxy) is 1. The van der Waals surface area contributed by atoms with E-state index in [4.69, 9.17) is 4.74 Å². The molecule has 0 radical (unpaired) electrons. The van der Waals surface area contributed by atoms with E-state index in [1.54, 1.807) is 31.2 Å². The first-order valence-electron chi connectivity index (χ1n) is 11.4. The summed E-state index contributed by atoms with van der Waals surface area (Å²) in [6, 6.07) is 5.68. The maximum absolute atomic E-state index is 14.8. The molecule has 1 aromatic heterocycles. The Balaban J connectivity index is 1.68. The molecule has 34 heavy (non-hydrogen) atoms. The number of ketones is 1. The monoisotopic (exact) mass is 486 g/mol. The molecule has 1 saturated carbocycles. The highest BCUT2D eigenvalue weighted by Crippen LogP contribution is 2.40. The zero-order valence-corrected chi connectivity index (χ0v) is 19.9. The summed E-state index contributed by atoms with van der Waals surface area (Å²) >= 11 is 1.20. The molecule has 0 spiro atoms. The maximum Gasteiger partial charge on any atom is 0.361 e. The van der Waals surface area contributed by atoms with E-state index in [2.05, 4.69) is 15.4 Å². The topological polar surface area (TPSA) is 105 Å². The summed E-state index contributed by atoms with van der Waals surface area (Å²) < 4.78 is 19.8. The van der Waals surface area contributed by atoms with E-state index in [1.807, 2.05) is 4.90 Å². The van der Waals surface area contributed by atoms with Crippen LogP contribution in [0.5, 0.6) is 0 Å². The number of benzene rings is 1. The summed E-state index contributed by atoms with van der Waals surface area (Å²) in [5.74, 6) is -1.03. The molecule has 2 atom stereocenters. The molecule has 2 heterocycles. The van der Waals surface area contributed by atoms with Crippen molar-refractivity contribution in [1.29, 1.82) is 0 Å². The third-order valence-electron chi connectivity index (χ3n) is 5.97. The Hall–Kier alpha value is -2.85. The number of halogens is 1. The third-order valence-corrected chi connectivity index (χ3v) is 7.12. The highest BCUT2D eigenvalue weighted by molar-refractivity contribution is 8.14.